The molecule has 9 heteroatoms. The highest BCUT2D eigenvalue weighted by atomic mass is 16.5. The highest BCUT2D eigenvalue weighted by molar-refractivity contribution is 5.97. The lowest BCUT2D eigenvalue weighted by Crippen LogP contribution is -2.47. The van der Waals surface area contributed by atoms with Gasteiger partial charge < -0.3 is 29.3 Å². The van der Waals surface area contributed by atoms with Crippen LogP contribution in [0.15, 0.2) is 54.7 Å². The zero-order valence-electron chi connectivity index (χ0n) is 19.8. The summed E-state index contributed by atoms with van der Waals surface area (Å²) in [5.41, 5.74) is 2.96. The monoisotopic (exact) mass is 475 g/mol. The molecule has 5 rings (SSSR count). The van der Waals surface area contributed by atoms with Crippen LogP contribution in [0.3, 0.4) is 0 Å². The topological polar surface area (TPSA) is 89.1 Å². The van der Waals surface area contributed by atoms with E-state index in [-0.39, 0.29) is 5.91 Å². The van der Waals surface area contributed by atoms with Crippen LogP contribution in [0.25, 0.3) is 11.3 Å². The standard InChI is InChI=1S/C26H29N5O4/c1-30-9-11-31(12-10-30)25(32)22-6-5-20-18-24(22)35-16-14-33-13-15-34-21-4-2-3-19(17-21)23-7-8-27-26(28-20)29-23/h2-8,17-18H,9-16H2,1H3,(H,27,28,29). The smallest absolute Gasteiger partial charge is 0.257 e. The van der Waals surface area contributed by atoms with Crippen LogP contribution in [0.1, 0.15) is 10.4 Å². The predicted octanol–water partition coefficient (Wildman–Crippen LogP) is 3.06. The number of fused-ring (bicyclic) bond motifs is 7. The fourth-order valence-electron chi connectivity index (χ4n) is 4.06. The number of hydrogen-bond acceptors (Lipinski definition) is 8. The number of carbonyl (C=O) groups is 1. The molecule has 2 aliphatic heterocycles. The van der Waals surface area contributed by atoms with E-state index >= 15 is 0 Å². The number of aromatic nitrogens is 2. The van der Waals surface area contributed by atoms with Crippen LogP contribution in [0.4, 0.5) is 11.6 Å². The molecule has 2 aromatic carbocycles. The van der Waals surface area contributed by atoms with Crippen molar-refractivity contribution < 1.29 is 19.0 Å². The van der Waals surface area contributed by atoms with Gasteiger partial charge in [0.1, 0.15) is 24.7 Å². The van der Waals surface area contributed by atoms with Gasteiger partial charge in [0, 0.05) is 49.7 Å². The van der Waals surface area contributed by atoms with Gasteiger partial charge in [-0.3, -0.25) is 4.79 Å². The Hall–Kier alpha value is -3.69. The number of hydrogen-bond donors (Lipinski definition) is 1. The van der Waals surface area contributed by atoms with Crippen molar-refractivity contribution in [1.29, 1.82) is 0 Å². The molecule has 3 aromatic rings. The number of nitrogens with zero attached hydrogens (tertiary/aromatic N) is 4. The quantitative estimate of drug-likeness (QED) is 0.575. The largest absolute Gasteiger partial charge is 0.491 e. The summed E-state index contributed by atoms with van der Waals surface area (Å²) in [4.78, 5) is 26.4. The van der Waals surface area contributed by atoms with E-state index in [2.05, 4.69) is 27.2 Å². The number of anilines is 2. The Balaban J connectivity index is 1.44. The summed E-state index contributed by atoms with van der Waals surface area (Å²) in [6, 6.07) is 15.1. The first-order valence-electron chi connectivity index (χ1n) is 11.8. The maximum atomic E-state index is 13.3. The summed E-state index contributed by atoms with van der Waals surface area (Å²) >= 11 is 0. The number of likely N-dealkylation sites (N-methyl/N-ethyl adjacent to an activating group) is 1. The maximum absolute atomic E-state index is 13.3. The number of carbonyl (C=O) groups excluding carboxylic acids is 1. The van der Waals surface area contributed by atoms with Crippen LogP contribution in [-0.4, -0.2) is 85.3 Å². The third-order valence-electron chi connectivity index (χ3n) is 6.03. The van der Waals surface area contributed by atoms with Crippen LogP contribution < -0.4 is 14.8 Å². The van der Waals surface area contributed by atoms with Crippen molar-refractivity contribution in [3.05, 3.63) is 60.3 Å². The minimum absolute atomic E-state index is 0.0302. The van der Waals surface area contributed by atoms with Gasteiger partial charge in [0.2, 0.25) is 5.95 Å². The van der Waals surface area contributed by atoms with E-state index in [0.717, 1.165) is 35.8 Å². The molecule has 2 aliphatic rings. The van der Waals surface area contributed by atoms with Crippen LogP contribution >= 0.6 is 0 Å². The first kappa shape index (κ1) is 23.1. The molecule has 3 heterocycles. The molecule has 1 aromatic heterocycles. The zero-order chi connectivity index (χ0) is 24.0. The Labute approximate surface area is 204 Å². The third-order valence-corrected chi connectivity index (χ3v) is 6.03. The van der Waals surface area contributed by atoms with Gasteiger partial charge in [-0.25, -0.2) is 9.97 Å². The molecule has 0 atom stereocenters. The van der Waals surface area contributed by atoms with Gasteiger partial charge in [0.05, 0.1) is 24.5 Å². The molecule has 35 heavy (non-hydrogen) atoms. The summed E-state index contributed by atoms with van der Waals surface area (Å²) in [5.74, 6) is 1.67. The second-order valence-electron chi connectivity index (χ2n) is 8.53. The van der Waals surface area contributed by atoms with E-state index in [1.165, 1.54) is 0 Å². The van der Waals surface area contributed by atoms with E-state index in [1.807, 2.05) is 47.4 Å². The predicted molar refractivity (Wildman–Crippen MR) is 132 cm³/mol. The Morgan fingerprint density at radius 3 is 2.63 bits per heavy atom. The first-order chi connectivity index (χ1) is 17.2. The number of amides is 1. The first-order valence-corrected chi connectivity index (χ1v) is 11.8. The fraction of sp³-hybridized carbons (Fsp3) is 0.346. The summed E-state index contributed by atoms with van der Waals surface area (Å²) < 4.78 is 17.5. The molecule has 1 N–H and O–H groups in total. The summed E-state index contributed by atoms with van der Waals surface area (Å²) in [6.45, 7) is 4.64. The van der Waals surface area contributed by atoms with Crippen molar-refractivity contribution in [2.24, 2.45) is 0 Å². The van der Waals surface area contributed by atoms with Crippen molar-refractivity contribution >= 4 is 17.5 Å². The average Bonchev–Trinajstić information content (AvgIpc) is 2.88. The average molecular weight is 476 g/mol. The number of rotatable bonds is 1. The molecule has 0 unspecified atom stereocenters. The highest BCUT2D eigenvalue weighted by Crippen LogP contribution is 2.28. The van der Waals surface area contributed by atoms with Gasteiger partial charge in [-0.05, 0) is 37.4 Å². The molecule has 0 spiro atoms. The lowest BCUT2D eigenvalue weighted by molar-refractivity contribution is 0.0646. The molecule has 182 valence electrons. The van der Waals surface area contributed by atoms with Crippen LogP contribution in [0, 0.1) is 0 Å². The zero-order valence-corrected chi connectivity index (χ0v) is 19.8. The molecule has 0 saturated carbocycles. The molecule has 1 fully saturated rings. The van der Waals surface area contributed by atoms with E-state index in [9.17, 15) is 4.79 Å². The van der Waals surface area contributed by atoms with Gasteiger partial charge in [-0.1, -0.05) is 12.1 Å². The van der Waals surface area contributed by atoms with Gasteiger partial charge in [-0.2, -0.15) is 0 Å². The molecule has 0 radical (unpaired) electrons. The lowest BCUT2D eigenvalue weighted by Gasteiger charge is -2.32. The van der Waals surface area contributed by atoms with Crippen molar-refractivity contribution in [2.45, 2.75) is 0 Å². The van der Waals surface area contributed by atoms with Gasteiger partial charge in [0.15, 0.2) is 0 Å². The van der Waals surface area contributed by atoms with E-state index in [4.69, 9.17) is 14.2 Å². The molecular weight excluding hydrogens is 446 g/mol. The van der Waals surface area contributed by atoms with E-state index in [0.29, 0.717) is 56.8 Å². The van der Waals surface area contributed by atoms with E-state index < -0.39 is 0 Å². The summed E-state index contributed by atoms with van der Waals surface area (Å²) in [6.07, 6.45) is 1.71. The number of benzene rings is 2. The molecule has 9 nitrogen and oxygen atoms in total. The normalized spacial score (nSPS) is 16.9. The van der Waals surface area contributed by atoms with Crippen molar-refractivity contribution in [1.82, 2.24) is 19.8 Å². The molecule has 0 aliphatic carbocycles. The Kier molecular flexibility index (Phi) is 7.06. The lowest BCUT2D eigenvalue weighted by atomic mass is 10.1. The van der Waals surface area contributed by atoms with Crippen molar-refractivity contribution in [3.8, 4) is 22.8 Å². The third kappa shape index (κ3) is 5.70. The molecule has 1 saturated heterocycles. The molecular formula is C26H29N5O4. The maximum Gasteiger partial charge on any atom is 0.257 e. The Bertz CT molecular complexity index is 1180. The second-order valence-corrected chi connectivity index (χ2v) is 8.53. The van der Waals surface area contributed by atoms with Gasteiger partial charge >= 0.3 is 0 Å². The van der Waals surface area contributed by atoms with Gasteiger partial charge in [0.25, 0.3) is 5.91 Å². The van der Waals surface area contributed by atoms with Crippen LogP contribution in [0.2, 0.25) is 0 Å². The van der Waals surface area contributed by atoms with Crippen molar-refractivity contribution in [3.63, 3.8) is 0 Å². The van der Waals surface area contributed by atoms with Crippen molar-refractivity contribution in [2.75, 3.05) is 65.0 Å². The SMILES string of the molecule is CN1CCN(C(=O)c2ccc3cc2OCCOCCOc2cccc(c2)-c2ccnc(n2)N3)CC1. The summed E-state index contributed by atoms with van der Waals surface area (Å²) in [5, 5.41) is 3.24. The molecule has 1 amide bonds. The highest BCUT2D eigenvalue weighted by Gasteiger charge is 2.23. The molecule has 6 bridgehead atoms. The van der Waals surface area contributed by atoms with E-state index in [1.54, 1.807) is 12.3 Å². The minimum atomic E-state index is -0.0302. The summed E-state index contributed by atoms with van der Waals surface area (Å²) in [7, 11) is 2.07. The van der Waals surface area contributed by atoms with Gasteiger partial charge in [-0.15, -0.1) is 0 Å². The number of ether oxygens (including phenoxy) is 3. The Morgan fingerprint density at radius 2 is 1.77 bits per heavy atom. The number of nitrogens with one attached hydrogen (secondary N) is 1. The van der Waals surface area contributed by atoms with Crippen LogP contribution in [-0.2, 0) is 4.74 Å². The minimum Gasteiger partial charge on any atom is -0.491 e. The number of piperazine rings is 1. The Morgan fingerprint density at radius 1 is 0.943 bits per heavy atom. The fourth-order valence-corrected chi connectivity index (χ4v) is 4.06. The van der Waals surface area contributed by atoms with Crippen LogP contribution in [0.5, 0.6) is 11.5 Å². The second kappa shape index (κ2) is 10.7.